The van der Waals surface area contributed by atoms with E-state index in [-0.39, 0.29) is 6.03 Å². The number of carbonyl (C=O) groups excluding carboxylic acids is 1. The largest absolute Gasteiger partial charge is 0.480 e. The number of amides is 2. The van der Waals surface area contributed by atoms with Gasteiger partial charge in [0.1, 0.15) is 6.04 Å². The Morgan fingerprint density at radius 3 is 2.63 bits per heavy atom. The van der Waals surface area contributed by atoms with Crippen LogP contribution in [0.5, 0.6) is 0 Å². The predicted octanol–water partition coefficient (Wildman–Crippen LogP) is 1.48. The summed E-state index contributed by atoms with van der Waals surface area (Å²) in [6.07, 6.45) is 2.01. The number of rotatable bonds is 6. The molecule has 0 aliphatic carbocycles. The van der Waals surface area contributed by atoms with Crippen molar-refractivity contribution in [1.29, 1.82) is 0 Å². The number of nitrogens with zero attached hydrogens (tertiary/aromatic N) is 2. The molecule has 0 bridgehead atoms. The highest BCUT2D eigenvalue weighted by Crippen LogP contribution is 2.02. The van der Waals surface area contributed by atoms with Gasteiger partial charge in [-0.15, -0.1) is 0 Å². The maximum absolute atomic E-state index is 12.0. The standard InChI is InChI=1S/C13H19N3O3/c1-3-11(12(17)18)15-13(19)16(4-2)9-10-7-5-6-8-14-10/h5-8,11H,3-4,9H2,1-2H3,(H,15,19)(H,17,18)/t11-/m0/s1. The number of aromatic nitrogens is 1. The molecule has 1 aromatic heterocycles. The van der Waals surface area contributed by atoms with Crippen molar-refractivity contribution in [2.45, 2.75) is 32.9 Å². The van der Waals surface area contributed by atoms with E-state index in [0.29, 0.717) is 19.5 Å². The Balaban J connectivity index is 2.64. The smallest absolute Gasteiger partial charge is 0.326 e. The molecule has 1 rings (SSSR count). The lowest BCUT2D eigenvalue weighted by molar-refractivity contribution is -0.139. The minimum atomic E-state index is -1.02. The van der Waals surface area contributed by atoms with Crippen LogP contribution >= 0.6 is 0 Å². The second kappa shape index (κ2) is 7.35. The van der Waals surface area contributed by atoms with Crippen LogP contribution in [0.4, 0.5) is 4.79 Å². The lowest BCUT2D eigenvalue weighted by Crippen LogP contribution is -2.47. The molecule has 19 heavy (non-hydrogen) atoms. The van der Waals surface area contributed by atoms with Gasteiger partial charge in [0, 0.05) is 12.7 Å². The molecule has 6 heteroatoms. The first-order chi connectivity index (χ1) is 9.08. The van der Waals surface area contributed by atoms with Gasteiger partial charge in [0.2, 0.25) is 0 Å². The van der Waals surface area contributed by atoms with E-state index >= 15 is 0 Å². The van der Waals surface area contributed by atoms with Gasteiger partial charge < -0.3 is 15.3 Å². The van der Waals surface area contributed by atoms with Gasteiger partial charge in [-0.2, -0.15) is 0 Å². The molecule has 6 nitrogen and oxygen atoms in total. The van der Waals surface area contributed by atoms with E-state index in [9.17, 15) is 9.59 Å². The zero-order chi connectivity index (χ0) is 14.3. The molecule has 104 valence electrons. The van der Waals surface area contributed by atoms with Gasteiger partial charge in [0.25, 0.3) is 0 Å². The minimum absolute atomic E-state index is 0.349. The number of carboxylic acids is 1. The van der Waals surface area contributed by atoms with Crippen LogP contribution in [0.15, 0.2) is 24.4 Å². The first-order valence-electron chi connectivity index (χ1n) is 6.26. The summed E-state index contributed by atoms with van der Waals surface area (Å²) in [5.41, 5.74) is 0.767. The summed E-state index contributed by atoms with van der Waals surface area (Å²) in [6.45, 7) is 4.40. The van der Waals surface area contributed by atoms with Crippen LogP contribution in [0.3, 0.4) is 0 Å². The average molecular weight is 265 g/mol. The maximum Gasteiger partial charge on any atom is 0.326 e. The number of urea groups is 1. The van der Waals surface area contributed by atoms with E-state index in [1.165, 1.54) is 4.90 Å². The van der Waals surface area contributed by atoms with Gasteiger partial charge in [-0.1, -0.05) is 13.0 Å². The Labute approximate surface area is 112 Å². The Morgan fingerprint density at radius 2 is 2.16 bits per heavy atom. The predicted molar refractivity (Wildman–Crippen MR) is 70.6 cm³/mol. The molecular weight excluding hydrogens is 246 g/mol. The molecule has 0 fully saturated rings. The van der Waals surface area contributed by atoms with Gasteiger partial charge in [-0.05, 0) is 25.5 Å². The fourth-order valence-corrected chi connectivity index (χ4v) is 1.59. The third-order valence-corrected chi connectivity index (χ3v) is 2.75. The fourth-order valence-electron chi connectivity index (χ4n) is 1.59. The van der Waals surface area contributed by atoms with Crippen LogP contribution in [0.1, 0.15) is 26.0 Å². The molecule has 0 unspecified atom stereocenters. The second-order valence-electron chi connectivity index (χ2n) is 4.08. The minimum Gasteiger partial charge on any atom is -0.480 e. The van der Waals surface area contributed by atoms with Crippen LogP contribution in [0.25, 0.3) is 0 Å². The summed E-state index contributed by atoms with van der Waals surface area (Å²) in [7, 11) is 0. The van der Waals surface area contributed by atoms with Crippen LogP contribution in [-0.2, 0) is 11.3 Å². The normalized spacial score (nSPS) is 11.7. The topological polar surface area (TPSA) is 82.5 Å². The van der Waals surface area contributed by atoms with Crippen molar-refractivity contribution < 1.29 is 14.7 Å². The van der Waals surface area contributed by atoms with E-state index in [1.54, 1.807) is 19.2 Å². The average Bonchev–Trinajstić information content (AvgIpc) is 2.42. The van der Waals surface area contributed by atoms with Crippen LogP contribution in [0, 0.1) is 0 Å². The quantitative estimate of drug-likeness (QED) is 0.816. The first-order valence-corrected chi connectivity index (χ1v) is 6.26. The molecule has 1 atom stereocenters. The van der Waals surface area contributed by atoms with Crippen molar-refractivity contribution in [3.8, 4) is 0 Å². The van der Waals surface area contributed by atoms with E-state index in [2.05, 4.69) is 10.3 Å². The number of aliphatic carboxylic acids is 1. The van der Waals surface area contributed by atoms with Crippen LogP contribution < -0.4 is 5.32 Å². The Hall–Kier alpha value is -2.11. The van der Waals surface area contributed by atoms with Gasteiger partial charge >= 0.3 is 12.0 Å². The summed E-state index contributed by atoms with van der Waals surface area (Å²) >= 11 is 0. The van der Waals surface area contributed by atoms with Crippen molar-refractivity contribution in [3.63, 3.8) is 0 Å². The Morgan fingerprint density at radius 1 is 1.42 bits per heavy atom. The third kappa shape index (κ3) is 4.57. The lowest BCUT2D eigenvalue weighted by Gasteiger charge is -2.23. The van der Waals surface area contributed by atoms with Gasteiger partial charge in [0.15, 0.2) is 0 Å². The van der Waals surface area contributed by atoms with Crippen molar-refractivity contribution in [2.24, 2.45) is 0 Å². The Bertz CT molecular complexity index is 422. The molecular formula is C13H19N3O3. The van der Waals surface area contributed by atoms with Crippen molar-refractivity contribution in [2.75, 3.05) is 6.54 Å². The first kappa shape index (κ1) is 14.9. The van der Waals surface area contributed by atoms with Gasteiger partial charge in [-0.3, -0.25) is 4.98 Å². The summed E-state index contributed by atoms with van der Waals surface area (Å²) in [6, 6.07) is 4.23. The van der Waals surface area contributed by atoms with E-state index in [1.807, 2.05) is 19.1 Å². The highest BCUT2D eigenvalue weighted by atomic mass is 16.4. The van der Waals surface area contributed by atoms with Gasteiger partial charge in [0.05, 0.1) is 12.2 Å². The highest BCUT2D eigenvalue weighted by molar-refractivity contribution is 5.82. The number of nitrogens with one attached hydrogen (secondary N) is 1. The number of carboxylic acid groups (broad SMARTS) is 1. The van der Waals surface area contributed by atoms with Crippen molar-refractivity contribution in [1.82, 2.24) is 15.2 Å². The second-order valence-corrected chi connectivity index (χ2v) is 4.08. The van der Waals surface area contributed by atoms with Crippen molar-refractivity contribution >= 4 is 12.0 Å². The maximum atomic E-state index is 12.0. The molecule has 0 aromatic carbocycles. The monoisotopic (exact) mass is 265 g/mol. The number of pyridine rings is 1. The molecule has 0 aliphatic heterocycles. The molecule has 0 radical (unpaired) electrons. The molecule has 1 heterocycles. The highest BCUT2D eigenvalue weighted by Gasteiger charge is 2.21. The summed E-state index contributed by atoms with van der Waals surface area (Å²) in [5, 5.41) is 11.4. The summed E-state index contributed by atoms with van der Waals surface area (Å²) in [4.78, 5) is 28.5. The zero-order valence-electron chi connectivity index (χ0n) is 11.2. The molecule has 0 saturated heterocycles. The van der Waals surface area contributed by atoms with E-state index < -0.39 is 12.0 Å². The third-order valence-electron chi connectivity index (χ3n) is 2.75. The van der Waals surface area contributed by atoms with Gasteiger partial charge in [-0.25, -0.2) is 9.59 Å². The van der Waals surface area contributed by atoms with Crippen LogP contribution in [-0.4, -0.2) is 39.6 Å². The fraction of sp³-hybridized carbons (Fsp3) is 0.462. The number of carbonyl (C=O) groups is 2. The number of hydrogen-bond donors (Lipinski definition) is 2. The lowest BCUT2D eigenvalue weighted by atomic mass is 10.2. The SMILES string of the molecule is CC[C@H](NC(=O)N(CC)Cc1ccccn1)C(=O)O. The molecule has 0 saturated carbocycles. The van der Waals surface area contributed by atoms with E-state index in [0.717, 1.165) is 5.69 Å². The molecule has 0 aliphatic rings. The molecule has 2 amide bonds. The molecule has 0 spiro atoms. The van der Waals surface area contributed by atoms with Crippen molar-refractivity contribution in [3.05, 3.63) is 30.1 Å². The summed E-state index contributed by atoms with van der Waals surface area (Å²) in [5.74, 6) is -1.02. The summed E-state index contributed by atoms with van der Waals surface area (Å²) < 4.78 is 0. The zero-order valence-corrected chi connectivity index (χ0v) is 11.2. The van der Waals surface area contributed by atoms with E-state index in [4.69, 9.17) is 5.11 Å². The molecule has 2 N–H and O–H groups in total. The molecule has 1 aromatic rings. The number of hydrogen-bond acceptors (Lipinski definition) is 3. The van der Waals surface area contributed by atoms with Crippen LogP contribution in [0.2, 0.25) is 0 Å². The Kier molecular flexibility index (Phi) is 5.78.